The van der Waals surface area contributed by atoms with E-state index in [9.17, 15) is 4.79 Å². The number of carbonyl (C=O) groups is 1. The zero-order valence-corrected chi connectivity index (χ0v) is 12.6. The largest absolute Gasteiger partial charge is 0.367 e. The van der Waals surface area contributed by atoms with Crippen LogP contribution >= 0.6 is 0 Å². The van der Waals surface area contributed by atoms with Gasteiger partial charge in [0.25, 0.3) is 0 Å². The molecule has 1 aromatic rings. The lowest BCUT2D eigenvalue weighted by molar-refractivity contribution is -0.120. The quantitative estimate of drug-likeness (QED) is 0.799. The summed E-state index contributed by atoms with van der Waals surface area (Å²) in [5.41, 5.74) is -0.413. The Kier molecular flexibility index (Phi) is 4.91. The molecule has 2 rings (SSSR count). The van der Waals surface area contributed by atoms with Gasteiger partial charge >= 0.3 is 0 Å². The number of ether oxygens (including phenoxy) is 1. The van der Waals surface area contributed by atoms with Crippen molar-refractivity contribution in [3.05, 3.63) is 11.7 Å². The third kappa shape index (κ3) is 2.92. The van der Waals surface area contributed by atoms with Crippen LogP contribution in [0.1, 0.15) is 76.9 Å². The van der Waals surface area contributed by atoms with E-state index in [1.165, 1.54) is 6.42 Å². The Hall–Kier alpha value is -1.23. The van der Waals surface area contributed by atoms with Crippen LogP contribution in [0.15, 0.2) is 4.52 Å². The third-order valence-electron chi connectivity index (χ3n) is 4.13. The first kappa shape index (κ1) is 15.2. The van der Waals surface area contributed by atoms with Crippen molar-refractivity contribution in [1.29, 1.82) is 0 Å². The fourth-order valence-corrected chi connectivity index (χ4v) is 2.87. The highest BCUT2D eigenvalue weighted by atomic mass is 16.5. The summed E-state index contributed by atoms with van der Waals surface area (Å²) in [4.78, 5) is 16.2. The number of hydrogen-bond donors (Lipinski definition) is 0. The molecule has 0 aromatic carbocycles. The van der Waals surface area contributed by atoms with Crippen LogP contribution in [0, 0.1) is 0 Å². The standard InChI is InChI=1S/C15H24N2O3/c1-4-12(18)11(3)13-16-14(17-20-13)15(19-5-2)9-7-6-8-10-15/h11H,4-10H2,1-3H3. The van der Waals surface area contributed by atoms with Gasteiger partial charge in [0.05, 0.1) is 5.92 Å². The molecule has 0 amide bonds. The Morgan fingerprint density at radius 3 is 2.65 bits per heavy atom. The van der Waals surface area contributed by atoms with Crippen LogP contribution in [0.3, 0.4) is 0 Å². The molecule has 0 aliphatic heterocycles. The van der Waals surface area contributed by atoms with Crippen molar-refractivity contribution in [1.82, 2.24) is 10.1 Å². The second kappa shape index (κ2) is 6.48. The topological polar surface area (TPSA) is 65.2 Å². The molecule has 1 aliphatic rings. The molecule has 0 N–H and O–H groups in total. The van der Waals surface area contributed by atoms with E-state index in [1.807, 2.05) is 20.8 Å². The number of carbonyl (C=O) groups excluding carboxylic acids is 1. The predicted octanol–water partition coefficient (Wildman–Crippen LogP) is 3.35. The van der Waals surface area contributed by atoms with Crippen molar-refractivity contribution in [2.45, 2.75) is 70.8 Å². The van der Waals surface area contributed by atoms with Gasteiger partial charge < -0.3 is 9.26 Å². The van der Waals surface area contributed by atoms with E-state index < -0.39 is 5.60 Å². The van der Waals surface area contributed by atoms with E-state index in [0.29, 0.717) is 24.7 Å². The number of Topliss-reactive ketones (excluding diaryl/α,β-unsaturated/α-hetero) is 1. The number of rotatable bonds is 6. The van der Waals surface area contributed by atoms with Gasteiger partial charge in [-0.15, -0.1) is 0 Å². The number of aromatic nitrogens is 2. The van der Waals surface area contributed by atoms with Gasteiger partial charge in [0.1, 0.15) is 11.4 Å². The maximum atomic E-state index is 11.7. The van der Waals surface area contributed by atoms with Crippen LogP contribution in [0.4, 0.5) is 0 Å². The normalized spacial score (nSPS) is 19.8. The van der Waals surface area contributed by atoms with Crippen molar-refractivity contribution in [2.75, 3.05) is 6.61 Å². The van der Waals surface area contributed by atoms with Gasteiger partial charge in [-0.3, -0.25) is 4.79 Å². The Labute approximate surface area is 120 Å². The highest BCUT2D eigenvalue weighted by Crippen LogP contribution is 2.39. The minimum atomic E-state index is -0.413. The number of hydrogen-bond acceptors (Lipinski definition) is 5. The summed E-state index contributed by atoms with van der Waals surface area (Å²) in [6, 6.07) is 0. The monoisotopic (exact) mass is 280 g/mol. The summed E-state index contributed by atoms with van der Waals surface area (Å²) in [6.07, 6.45) is 5.80. The van der Waals surface area contributed by atoms with Crippen LogP contribution < -0.4 is 0 Å². The first-order chi connectivity index (χ1) is 9.63. The fraction of sp³-hybridized carbons (Fsp3) is 0.800. The summed E-state index contributed by atoms with van der Waals surface area (Å²) < 4.78 is 11.3. The van der Waals surface area contributed by atoms with E-state index in [0.717, 1.165) is 25.7 Å². The van der Waals surface area contributed by atoms with Crippen molar-refractivity contribution in [3.63, 3.8) is 0 Å². The molecule has 0 spiro atoms. The summed E-state index contributed by atoms with van der Waals surface area (Å²) in [7, 11) is 0. The molecule has 0 radical (unpaired) electrons. The molecule has 1 aromatic heterocycles. The summed E-state index contributed by atoms with van der Waals surface area (Å²) in [5, 5.41) is 4.11. The lowest BCUT2D eigenvalue weighted by atomic mass is 9.84. The van der Waals surface area contributed by atoms with E-state index in [-0.39, 0.29) is 11.7 Å². The van der Waals surface area contributed by atoms with Gasteiger partial charge in [-0.2, -0.15) is 4.98 Å². The Morgan fingerprint density at radius 1 is 1.35 bits per heavy atom. The number of nitrogens with zero attached hydrogens (tertiary/aromatic N) is 2. The maximum absolute atomic E-state index is 11.7. The summed E-state index contributed by atoms with van der Waals surface area (Å²) in [6.45, 7) is 6.28. The summed E-state index contributed by atoms with van der Waals surface area (Å²) >= 11 is 0. The smallest absolute Gasteiger partial charge is 0.237 e. The molecule has 0 saturated heterocycles. The second-order valence-electron chi connectivity index (χ2n) is 5.49. The van der Waals surface area contributed by atoms with Gasteiger partial charge in [0.15, 0.2) is 0 Å². The van der Waals surface area contributed by atoms with Crippen molar-refractivity contribution < 1.29 is 14.1 Å². The molecule has 5 heteroatoms. The Balaban J connectivity index is 2.22. The van der Waals surface area contributed by atoms with E-state index in [2.05, 4.69) is 10.1 Å². The van der Waals surface area contributed by atoms with Crippen molar-refractivity contribution >= 4 is 5.78 Å². The van der Waals surface area contributed by atoms with E-state index in [4.69, 9.17) is 9.26 Å². The molecule has 5 nitrogen and oxygen atoms in total. The molecule has 1 unspecified atom stereocenters. The highest BCUT2D eigenvalue weighted by Gasteiger charge is 2.39. The first-order valence-corrected chi connectivity index (χ1v) is 7.63. The second-order valence-corrected chi connectivity index (χ2v) is 5.49. The molecule has 1 aliphatic carbocycles. The number of ketones is 1. The van der Waals surface area contributed by atoms with Gasteiger partial charge in [-0.25, -0.2) is 0 Å². The van der Waals surface area contributed by atoms with Crippen LogP contribution in [0.5, 0.6) is 0 Å². The molecule has 112 valence electrons. The lowest BCUT2D eigenvalue weighted by Crippen LogP contribution is -2.33. The predicted molar refractivity (Wildman–Crippen MR) is 74.4 cm³/mol. The van der Waals surface area contributed by atoms with Gasteiger partial charge in [0.2, 0.25) is 11.7 Å². The Bertz CT molecular complexity index is 444. The SMILES string of the molecule is CCOC1(c2noc(C(C)C(=O)CC)n2)CCCCC1. The minimum Gasteiger partial charge on any atom is -0.367 e. The van der Waals surface area contributed by atoms with E-state index >= 15 is 0 Å². The molecule has 20 heavy (non-hydrogen) atoms. The van der Waals surface area contributed by atoms with Crippen molar-refractivity contribution in [2.24, 2.45) is 0 Å². The van der Waals surface area contributed by atoms with Gasteiger partial charge in [-0.05, 0) is 26.7 Å². The molecular formula is C15H24N2O3. The van der Waals surface area contributed by atoms with Crippen LogP contribution in [-0.2, 0) is 15.1 Å². The average Bonchev–Trinajstić information content (AvgIpc) is 2.97. The summed E-state index contributed by atoms with van der Waals surface area (Å²) in [5.74, 6) is 0.819. The molecule has 1 heterocycles. The lowest BCUT2D eigenvalue weighted by Gasteiger charge is -2.33. The zero-order valence-electron chi connectivity index (χ0n) is 12.6. The van der Waals surface area contributed by atoms with Gasteiger partial charge in [-0.1, -0.05) is 31.3 Å². The molecule has 1 atom stereocenters. The van der Waals surface area contributed by atoms with Gasteiger partial charge in [0, 0.05) is 13.0 Å². The van der Waals surface area contributed by atoms with Crippen LogP contribution in [0.25, 0.3) is 0 Å². The van der Waals surface area contributed by atoms with E-state index in [1.54, 1.807) is 0 Å². The van der Waals surface area contributed by atoms with Crippen molar-refractivity contribution in [3.8, 4) is 0 Å². The average molecular weight is 280 g/mol. The highest BCUT2D eigenvalue weighted by molar-refractivity contribution is 5.83. The van der Waals surface area contributed by atoms with Crippen LogP contribution in [-0.4, -0.2) is 22.5 Å². The minimum absolute atomic E-state index is 0.120. The molecule has 1 fully saturated rings. The molecular weight excluding hydrogens is 256 g/mol. The molecule has 0 bridgehead atoms. The maximum Gasteiger partial charge on any atom is 0.237 e. The van der Waals surface area contributed by atoms with Crippen LogP contribution in [0.2, 0.25) is 0 Å². The Morgan fingerprint density at radius 2 is 2.05 bits per heavy atom. The first-order valence-electron chi connectivity index (χ1n) is 7.63. The third-order valence-corrected chi connectivity index (χ3v) is 4.13. The fourth-order valence-electron chi connectivity index (χ4n) is 2.87. The molecule has 1 saturated carbocycles. The zero-order chi connectivity index (χ0) is 14.6.